The van der Waals surface area contributed by atoms with Gasteiger partial charge in [-0.05, 0) is 50.9 Å². The number of anilines is 1. The largest absolute Gasteiger partial charge is 0.371 e. The minimum absolute atomic E-state index is 0.196. The summed E-state index contributed by atoms with van der Waals surface area (Å²) in [7, 11) is 0. The minimum atomic E-state index is -0.286. The average molecular weight is 325 g/mol. The summed E-state index contributed by atoms with van der Waals surface area (Å²) in [6.07, 6.45) is 5.05. The molecule has 0 saturated carbocycles. The van der Waals surface area contributed by atoms with Gasteiger partial charge in [-0.2, -0.15) is 0 Å². The smallest absolute Gasteiger partial charge is 0.277 e. The van der Waals surface area contributed by atoms with E-state index in [9.17, 15) is 10.1 Å². The molecular formula is C19H23N3O2. The predicted octanol–water partition coefficient (Wildman–Crippen LogP) is 3.81. The molecule has 0 amide bonds. The predicted molar refractivity (Wildman–Crippen MR) is 96.6 cm³/mol. The highest BCUT2D eigenvalue weighted by Gasteiger charge is 2.27. The summed E-state index contributed by atoms with van der Waals surface area (Å²) in [6, 6.07) is 12.0. The Kier molecular flexibility index (Phi) is 4.10. The lowest BCUT2D eigenvalue weighted by Gasteiger charge is -2.38. The second kappa shape index (κ2) is 6.40. The van der Waals surface area contributed by atoms with Crippen molar-refractivity contribution in [3.05, 3.63) is 46.5 Å². The van der Waals surface area contributed by atoms with Crippen molar-refractivity contribution in [3.8, 4) is 0 Å². The van der Waals surface area contributed by atoms with Gasteiger partial charge in [-0.1, -0.05) is 18.2 Å². The first-order valence-corrected chi connectivity index (χ1v) is 8.89. The fraction of sp³-hybridized carbons (Fsp3) is 0.474. The first kappa shape index (κ1) is 15.4. The Balaban J connectivity index is 1.59. The van der Waals surface area contributed by atoms with Gasteiger partial charge >= 0.3 is 0 Å². The third-order valence-electron chi connectivity index (χ3n) is 5.54. The molecule has 4 rings (SSSR count). The van der Waals surface area contributed by atoms with E-state index in [4.69, 9.17) is 0 Å². The van der Waals surface area contributed by atoms with Crippen molar-refractivity contribution in [2.45, 2.75) is 31.7 Å². The molecule has 2 aromatic carbocycles. The molecule has 5 nitrogen and oxygen atoms in total. The van der Waals surface area contributed by atoms with Gasteiger partial charge in [0.05, 0.1) is 10.3 Å². The molecule has 0 spiro atoms. The van der Waals surface area contributed by atoms with E-state index < -0.39 is 0 Å². The molecule has 2 fully saturated rings. The Bertz CT molecular complexity index is 747. The summed E-state index contributed by atoms with van der Waals surface area (Å²) in [5, 5.41) is 13.0. The van der Waals surface area contributed by atoms with Gasteiger partial charge in [-0.3, -0.25) is 10.1 Å². The summed E-state index contributed by atoms with van der Waals surface area (Å²) < 4.78 is 0. The van der Waals surface area contributed by atoms with Crippen molar-refractivity contribution in [2.75, 3.05) is 31.1 Å². The second-order valence-electron chi connectivity index (χ2n) is 6.87. The van der Waals surface area contributed by atoms with Crippen LogP contribution in [0.3, 0.4) is 0 Å². The van der Waals surface area contributed by atoms with E-state index in [2.05, 4.69) is 9.80 Å². The molecule has 0 unspecified atom stereocenters. The van der Waals surface area contributed by atoms with E-state index in [1.165, 1.54) is 38.8 Å². The number of likely N-dealkylation sites (tertiary alicyclic amines) is 1. The lowest BCUT2D eigenvalue weighted by Crippen LogP contribution is -2.43. The summed E-state index contributed by atoms with van der Waals surface area (Å²) >= 11 is 0. The van der Waals surface area contributed by atoms with E-state index in [-0.39, 0.29) is 10.6 Å². The summed E-state index contributed by atoms with van der Waals surface area (Å²) in [4.78, 5) is 16.0. The zero-order valence-corrected chi connectivity index (χ0v) is 13.9. The van der Waals surface area contributed by atoms with Gasteiger partial charge in [-0.25, -0.2) is 0 Å². The molecule has 2 saturated heterocycles. The molecule has 0 aliphatic carbocycles. The van der Waals surface area contributed by atoms with Crippen LogP contribution < -0.4 is 4.90 Å². The number of rotatable bonds is 3. The SMILES string of the molecule is O=[N+]([O-])c1ccc(N2CCC(N3CCCC3)CC2)c2ccccc12. The van der Waals surface area contributed by atoms with Gasteiger partial charge in [-0.15, -0.1) is 0 Å². The van der Waals surface area contributed by atoms with Crippen molar-refractivity contribution >= 4 is 22.1 Å². The van der Waals surface area contributed by atoms with Crippen LogP contribution in [0, 0.1) is 10.1 Å². The van der Waals surface area contributed by atoms with E-state index in [1.54, 1.807) is 6.07 Å². The van der Waals surface area contributed by atoms with Crippen LogP contribution in [0.1, 0.15) is 25.7 Å². The maximum Gasteiger partial charge on any atom is 0.277 e. The average Bonchev–Trinajstić information content (AvgIpc) is 3.15. The van der Waals surface area contributed by atoms with Crippen LogP contribution in [-0.2, 0) is 0 Å². The number of hydrogen-bond donors (Lipinski definition) is 0. The van der Waals surface area contributed by atoms with Gasteiger partial charge < -0.3 is 9.80 Å². The molecule has 0 bridgehead atoms. The normalized spacial score (nSPS) is 19.9. The highest BCUT2D eigenvalue weighted by atomic mass is 16.6. The minimum Gasteiger partial charge on any atom is -0.371 e. The van der Waals surface area contributed by atoms with Crippen LogP contribution in [0.2, 0.25) is 0 Å². The highest BCUT2D eigenvalue weighted by molar-refractivity contribution is 6.00. The lowest BCUT2D eigenvalue weighted by molar-refractivity contribution is -0.383. The van der Waals surface area contributed by atoms with Crippen molar-refractivity contribution in [1.29, 1.82) is 0 Å². The van der Waals surface area contributed by atoms with Crippen molar-refractivity contribution in [2.24, 2.45) is 0 Å². The van der Waals surface area contributed by atoms with Gasteiger partial charge in [0.25, 0.3) is 5.69 Å². The summed E-state index contributed by atoms with van der Waals surface area (Å²) in [5.74, 6) is 0. The Labute approximate surface area is 142 Å². The molecule has 0 atom stereocenters. The monoisotopic (exact) mass is 325 g/mol. The quantitative estimate of drug-likeness (QED) is 0.636. The number of benzene rings is 2. The third-order valence-corrected chi connectivity index (χ3v) is 5.54. The number of nitro groups is 1. The maximum absolute atomic E-state index is 11.3. The second-order valence-corrected chi connectivity index (χ2v) is 6.87. The Hall–Kier alpha value is -2.14. The maximum atomic E-state index is 11.3. The Morgan fingerprint density at radius 3 is 2.25 bits per heavy atom. The molecule has 2 aromatic rings. The molecule has 2 aliphatic rings. The topological polar surface area (TPSA) is 49.6 Å². The molecular weight excluding hydrogens is 302 g/mol. The number of fused-ring (bicyclic) bond motifs is 1. The lowest BCUT2D eigenvalue weighted by atomic mass is 10.0. The van der Waals surface area contributed by atoms with Crippen LogP contribution in [0.25, 0.3) is 10.8 Å². The van der Waals surface area contributed by atoms with Crippen LogP contribution in [0.15, 0.2) is 36.4 Å². The van der Waals surface area contributed by atoms with Crippen LogP contribution in [0.4, 0.5) is 11.4 Å². The van der Waals surface area contributed by atoms with E-state index >= 15 is 0 Å². The first-order valence-electron chi connectivity index (χ1n) is 8.89. The van der Waals surface area contributed by atoms with Crippen LogP contribution in [-0.4, -0.2) is 42.0 Å². The number of hydrogen-bond acceptors (Lipinski definition) is 4. The van der Waals surface area contributed by atoms with E-state index in [0.717, 1.165) is 29.5 Å². The number of piperidine rings is 1. The van der Waals surface area contributed by atoms with Gasteiger partial charge in [0.15, 0.2) is 0 Å². The number of nitro benzene ring substituents is 1. The van der Waals surface area contributed by atoms with Crippen LogP contribution in [0.5, 0.6) is 0 Å². The summed E-state index contributed by atoms with van der Waals surface area (Å²) in [5.41, 5.74) is 1.33. The van der Waals surface area contributed by atoms with Gasteiger partial charge in [0.2, 0.25) is 0 Å². The fourth-order valence-electron chi connectivity index (χ4n) is 4.28. The molecule has 0 aromatic heterocycles. The molecule has 0 N–H and O–H groups in total. The molecule has 2 aliphatic heterocycles. The zero-order chi connectivity index (χ0) is 16.5. The van der Waals surface area contributed by atoms with Crippen LogP contribution >= 0.6 is 0 Å². The van der Waals surface area contributed by atoms with E-state index in [1.807, 2.05) is 30.3 Å². The number of nitrogens with zero attached hydrogens (tertiary/aromatic N) is 3. The Morgan fingerprint density at radius 1 is 0.917 bits per heavy atom. The number of non-ortho nitro benzene ring substituents is 1. The first-order chi connectivity index (χ1) is 11.7. The molecule has 5 heteroatoms. The highest BCUT2D eigenvalue weighted by Crippen LogP contribution is 2.35. The van der Waals surface area contributed by atoms with Crippen molar-refractivity contribution in [3.63, 3.8) is 0 Å². The Morgan fingerprint density at radius 2 is 1.58 bits per heavy atom. The van der Waals surface area contributed by atoms with Crippen molar-refractivity contribution < 1.29 is 4.92 Å². The molecule has 24 heavy (non-hydrogen) atoms. The fourth-order valence-corrected chi connectivity index (χ4v) is 4.28. The molecule has 126 valence electrons. The van der Waals surface area contributed by atoms with E-state index in [0.29, 0.717) is 6.04 Å². The molecule has 0 radical (unpaired) electrons. The molecule has 2 heterocycles. The third kappa shape index (κ3) is 2.73. The standard InChI is InChI=1S/C19H23N3O2/c23-22(24)19-8-7-18(16-5-1-2-6-17(16)19)21-13-9-15(10-14-21)20-11-3-4-12-20/h1-2,5-8,15H,3-4,9-14H2. The zero-order valence-electron chi connectivity index (χ0n) is 13.9. The van der Waals surface area contributed by atoms with Crippen molar-refractivity contribution in [1.82, 2.24) is 4.90 Å². The summed E-state index contributed by atoms with van der Waals surface area (Å²) in [6.45, 7) is 4.57. The van der Waals surface area contributed by atoms with Gasteiger partial charge in [0.1, 0.15) is 0 Å². The van der Waals surface area contributed by atoms with Gasteiger partial charge in [0, 0.05) is 36.3 Å².